The molecule has 0 unspecified atom stereocenters. The van der Waals surface area contributed by atoms with Crippen molar-refractivity contribution >= 4 is 11.6 Å². The Morgan fingerprint density at radius 3 is 2.68 bits per heavy atom. The van der Waals surface area contributed by atoms with E-state index in [0.717, 1.165) is 0 Å². The zero-order valence-electron chi connectivity index (χ0n) is 9.66. The summed E-state index contributed by atoms with van der Waals surface area (Å²) in [6.45, 7) is 0. The number of hydrogen-bond acceptors (Lipinski definition) is 3. The largest absolute Gasteiger partial charge is 0.207 e. The lowest BCUT2D eigenvalue weighted by molar-refractivity contribution is 0.625. The maximum Gasteiger partial charge on any atom is 0.188 e. The maximum absolute atomic E-state index is 13.3. The van der Waals surface area contributed by atoms with Gasteiger partial charge in [0, 0.05) is 5.56 Å². The topological polar surface area (TPSA) is 43.6 Å². The fraction of sp³-hybridized carbons (Fsp3) is 0. The van der Waals surface area contributed by atoms with E-state index < -0.39 is 0 Å². The highest BCUT2D eigenvalue weighted by molar-refractivity contribution is 6.33. The van der Waals surface area contributed by atoms with Crippen LogP contribution in [-0.4, -0.2) is 20.2 Å². The SMILES string of the molecule is Fc1cccc(-n2nnnc2-c2ccccc2Cl)c1. The first kappa shape index (κ1) is 11.8. The number of hydrogen-bond donors (Lipinski definition) is 0. The third-order valence-electron chi connectivity index (χ3n) is 2.64. The summed E-state index contributed by atoms with van der Waals surface area (Å²) in [5, 5.41) is 12.0. The van der Waals surface area contributed by atoms with E-state index in [1.165, 1.54) is 16.8 Å². The molecule has 0 aliphatic rings. The number of nitrogens with zero attached hydrogens (tertiary/aromatic N) is 4. The third-order valence-corrected chi connectivity index (χ3v) is 2.97. The highest BCUT2D eigenvalue weighted by atomic mass is 35.5. The average molecular weight is 275 g/mol. The van der Waals surface area contributed by atoms with Crippen LogP contribution in [-0.2, 0) is 0 Å². The van der Waals surface area contributed by atoms with Gasteiger partial charge in [0.1, 0.15) is 5.82 Å². The molecule has 0 radical (unpaired) electrons. The number of aromatic nitrogens is 4. The van der Waals surface area contributed by atoms with E-state index in [1.807, 2.05) is 18.2 Å². The van der Waals surface area contributed by atoms with E-state index in [9.17, 15) is 4.39 Å². The molecule has 6 heteroatoms. The fourth-order valence-corrected chi connectivity index (χ4v) is 2.00. The monoisotopic (exact) mass is 274 g/mol. The minimum absolute atomic E-state index is 0.349. The molecule has 0 atom stereocenters. The lowest BCUT2D eigenvalue weighted by atomic mass is 10.2. The lowest BCUT2D eigenvalue weighted by Crippen LogP contribution is -2.00. The van der Waals surface area contributed by atoms with E-state index in [1.54, 1.807) is 18.2 Å². The summed E-state index contributed by atoms with van der Waals surface area (Å²) >= 11 is 6.12. The fourth-order valence-electron chi connectivity index (χ4n) is 1.78. The molecule has 1 aromatic heterocycles. The summed E-state index contributed by atoms with van der Waals surface area (Å²) in [4.78, 5) is 0. The Labute approximate surface area is 113 Å². The molecule has 19 heavy (non-hydrogen) atoms. The summed E-state index contributed by atoms with van der Waals surface area (Å²) in [6.07, 6.45) is 0. The molecule has 3 rings (SSSR count). The number of rotatable bonds is 2. The van der Waals surface area contributed by atoms with Crippen molar-refractivity contribution in [3.8, 4) is 17.1 Å². The second-order valence-corrected chi connectivity index (χ2v) is 4.28. The smallest absolute Gasteiger partial charge is 0.188 e. The zero-order valence-corrected chi connectivity index (χ0v) is 10.4. The molecule has 0 aliphatic carbocycles. The van der Waals surface area contributed by atoms with Gasteiger partial charge >= 0.3 is 0 Å². The van der Waals surface area contributed by atoms with Gasteiger partial charge in [0.15, 0.2) is 5.82 Å². The normalized spacial score (nSPS) is 10.6. The van der Waals surface area contributed by atoms with Gasteiger partial charge in [-0.3, -0.25) is 0 Å². The quantitative estimate of drug-likeness (QED) is 0.721. The minimum Gasteiger partial charge on any atom is -0.207 e. The summed E-state index contributed by atoms with van der Waals surface area (Å²) in [6, 6.07) is 13.3. The Morgan fingerprint density at radius 1 is 1.05 bits per heavy atom. The van der Waals surface area contributed by atoms with Crippen LogP contribution in [0.1, 0.15) is 0 Å². The molecule has 0 N–H and O–H groups in total. The summed E-state index contributed by atoms with van der Waals surface area (Å²) in [5.41, 5.74) is 1.23. The van der Waals surface area contributed by atoms with Crippen molar-refractivity contribution in [2.45, 2.75) is 0 Å². The number of halogens is 2. The molecule has 94 valence electrons. The second-order valence-electron chi connectivity index (χ2n) is 3.87. The van der Waals surface area contributed by atoms with Gasteiger partial charge in [0.2, 0.25) is 0 Å². The van der Waals surface area contributed by atoms with E-state index in [-0.39, 0.29) is 5.82 Å². The van der Waals surface area contributed by atoms with Gasteiger partial charge in [0.25, 0.3) is 0 Å². The zero-order chi connectivity index (χ0) is 13.2. The van der Waals surface area contributed by atoms with E-state index in [2.05, 4.69) is 15.5 Å². The van der Waals surface area contributed by atoms with Crippen molar-refractivity contribution in [2.24, 2.45) is 0 Å². The van der Waals surface area contributed by atoms with Crippen molar-refractivity contribution in [3.63, 3.8) is 0 Å². The van der Waals surface area contributed by atoms with Gasteiger partial charge in [-0.2, -0.15) is 4.68 Å². The molecule has 4 nitrogen and oxygen atoms in total. The van der Waals surface area contributed by atoms with Gasteiger partial charge < -0.3 is 0 Å². The van der Waals surface area contributed by atoms with Crippen LogP contribution in [0.5, 0.6) is 0 Å². The molecular formula is C13H8ClFN4. The standard InChI is InChI=1S/C13H8ClFN4/c14-12-7-2-1-6-11(12)13-16-17-18-19(13)10-5-3-4-9(15)8-10/h1-8H. The highest BCUT2D eigenvalue weighted by Gasteiger charge is 2.13. The summed E-state index contributed by atoms with van der Waals surface area (Å²) < 4.78 is 14.7. The molecule has 0 fully saturated rings. The summed E-state index contributed by atoms with van der Waals surface area (Å²) in [5.74, 6) is 0.120. The molecule has 3 aromatic rings. The van der Waals surface area contributed by atoms with Crippen molar-refractivity contribution in [3.05, 3.63) is 59.4 Å². The Bertz CT molecular complexity index is 726. The first-order chi connectivity index (χ1) is 9.25. The van der Waals surface area contributed by atoms with Crippen molar-refractivity contribution < 1.29 is 4.39 Å². The van der Waals surface area contributed by atoms with Crippen molar-refractivity contribution in [1.29, 1.82) is 0 Å². The minimum atomic E-state index is -0.349. The molecule has 0 saturated heterocycles. The van der Waals surface area contributed by atoms with Gasteiger partial charge in [0.05, 0.1) is 10.7 Å². The van der Waals surface area contributed by atoms with Gasteiger partial charge in [-0.05, 0) is 40.8 Å². The molecule has 0 bridgehead atoms. The molecule has 0 aliphatic heterocycles. The summed E-state index contributed by atoms with van der Waals surface area (Å²) in [7, 11) is 0. The van der Waals surface area contributed by atoms with E-state index >= 15 is 0 Å². The van der Waals surface area contributed by atoms with Gasteiger partial charge in [-0.15, -0.1) is 5.10 Å². The van der Waals surface area contributed by atoms with Gasteiger partial charge in [-0.25, -0.2) is 4.39 Å². The molecule has 1 heterocycles. The van der Waals surface area contributed by atoms with Crippen LogP contribution < -0.4 is 0 Å². The lowest BCUT2D eigenvalue weighted by Gasteiger charge is -2.05. The van der Waals surface area contributed by atoms with Crippen LogP contribution >= 0.6 is 11.6 Å². The Morgan fingerprint density at radius 2 is 1.89 bits per heavy atom. The molecule has 2 aromatic carbocycles. The maximum atomic E-state index is 13.3. The first-order valence-corrected chi connectivity index (χ1v) is 5.93. The van der Waals surface area contributed by atoms with Crippen LogP contribution in [0.3, 0.4) is 0 Å². The molecule has 0 saturated carbocycles. The van der Waals surface area contributed by atoms with Crippen LogP contribution in [0.4, 0.5) is 4.39 Å². The molecule has 0 amide bonds. The predicted molar refractivity (Wildman–Crippen MR) is 69.6 cm³/mol. The predicted octanol–water partition coefficient (Wildman–Crippen LogP) is 3.12. The first-order valence-electron chi connectivity index (χ1n) is 5.55. The van der Waals surface area contributed by atoms with Crippen molar-refractivity contribution in [1.82, 2.24) is 20.2 Å². The second kappa shape index (κ2) is 4.78. The number of benzene rings is 2. The Balaban J connectivity index is 2.16. The third kappa shape index (κ3) is 2.20. The van der Waals surface area contributed by atoms with Crippen molar-refractivity contribution in [2.75, 3.05) is 0 Å². The van der Waals surface area contributed by atoms with Crippen LogP contribution in [0.15, 0.2) is 48.5 Å². The Hall–Kier alpha value is -2.27. The van der Waals surface area contributed by atoms with E-state index in [4.69, 9.17) is 11.6 Å². The average Bonchev–Trinajstić information content (AvgIpc) is 2.88. The van der Waals surface area contributed by atoms with E-state index in [0.29, 0.717) is 22.1 Å². The Kier molecular flexibility index (Phi) is 2.97. The van der Waals surface area contributed by atoms with Crippen LogP contribution in [0.2, 0.25) is 5.02 Å². The highest BCUT2D eigenvalue weighted by Crippen LogP contribution is 2.26. The molecular weight excluding hydrogens is 267 g/mol. The van der Waals surface area contributed by atoms with Crippen LogP contribution in [0.25, 0.3) is 17.1 Å². The van der Waals surface area contributed by atoms with Crippen LogP contribution in [0, 0.1) is 5.82 Å². The number of tetrazole rings is 1. The van der Waals surface area contributed by atoms with Gasteiger partial charge in [-0.1, -0.05) is 29.8 Å². The molecule has 0 spiro atoms.